The Morgan fingerprint density at radius 3 is 2.49 bits per heavy atom. The van der Waals surface area contributed by atoms with Crippen LogP contribution in [0.5, 0.6) is 0 Å². The Bertz CT molecular complexity index is 1530. The van der Waals surface area contributed by atoms with Crippen molar-refractivity contribution < 1.29 is 0 Å². The molecular formula is C32H34N6O. The van der Waals surface area contributed by atoms with Gasteiger partial charge in [-0.3, -0.25) is 9.36 Å². The Morgan fingerprint density at radius 1 is 0.923 bits per heavy atom. The maximum absolute atomic E-state index is 13.4. The molecule has 0 atom stereocenters. The van der Waals surface area contributed by atoms with Gasteiger partial charge in [0.15, 0.2) is 0 Å². The van der Waals surface area contributed by atoms with Crippen molar-refractivity contribution in [3.05, 3.63) is 94.2 Å². The number of aromatic nitrogens is 4. The Labute approximate surface area is 229 Å². The van der Waals surface area contributed by atoms with Crippen LogP contribution in [0, 0.1) is 11.8 Å². The van der Waals surface area contributed by atoms with Gasteiger partial charge in [0.2, 0.25) is 5.95 Å². The Kier molecular flexibility index (Phi) is 7.64. The fraction of sp³-hybridized carbons (Fsp3) is 0.375. The predicted molar refractivity (Wildman–Crippen MR) is 155 cm³/mol. The van der Waals surface area contributed by atoms with Gasteiger partial charge in [0, 0.05) is 49.2 Å². The fourth-order valence-electron chi connectivity index (χ4n) is 5.80. The van der Waals surface area contributed by atoms with Gasteiger partial charge in [-0.1, -0.05) is 55.2 Å². The van der Waals surface area contributed by atoms with Crippen LogP contribution in [0.1, 0.15) is 61.4 Å². The quantitative estimate of drug-likeness (QED) is 0.379. The van der Waals surface area contributed by atoms with Gasteiger partial charge in [0.05, 0.1) is 5.39 Å². The minimum absolute atomic E-state index is 0.0364. The van der Waals surface area contributed by atoms with E-state index >= 15 is 0 Å². The summed E-state index contributed by atoms with van der Waals surface area (Å²) in [6.07, 6.45) is 11.0. The van der Waals surface area contributed by atoms with Crippen molar-refractivity contribution in [2.24, 2.45) is 0 Å². The monoisotopic (exact) mass is 518 g/mol. The number of hydrogen-bond donors (Lipinski definition) is 1. The molecule has 1 aromatic carbocycles. The molecule has 4 aromatic rings. The summed E-state index contributed by atoms with van der Waals surface area (Å²) in [5.74, 6) is 6.97. The van der Waals surface area contributed by atoms with Crippen LogP contribution in [-0.4, -0.2) is 45.2 Å². The van der Waals surface area contributed by atoms with Crippen LogP contribution >= 0.6 is 0 Å². The van der Waals surface area contributed by atoms with Gasteiger partial charge in [-0.15, -0.1) is 0 Å². The van der Waals surface area contributed by atoms with Crippen LogP contribution in [0.4, 0.5) is 5.95 Å². The van der Waals surface area contributed by atoms with Gasteiger partial charge in [-0.05, 0) is 62.3 Å². The molecule has 4 heterocycles. The number of pyridine rings is 2. The number of fused-ring (bicyclic) bond motifs is 1. The fourth-order valence-corrected chi connectivity index (χ4v) is 5.80. The molecule has 1 saturated heterocycles. The molecule has 1 N–H and O–H groups in total. The summed E-state index contributed by atoms with van der Waals surface area (Å²) in [6, 6.07) is 18.6. The highest BCUT2D eigenvalue weighted by Gasteiger charge is 2.24. The highest BCUT2D eigenvalue weighted by atomic mass is 16.1. The van der Waals surface area contributed by atoms with E-state index in [9.17, 15) is 4.79 Å². The molecule has 0 amide bonds. The number of nitrogens with zero attached hydrogens (tertiary/aromatic N) is 5. The third kappa shape index (κ3) is 5.86. The summed E-state index contributed by atoms with van der Waals surface area (Å²) in [6.45, 7) is 2.76. The topological polar surface area (TPSA) is 75.9 Å². The zero-order valence-corrected chi connectivity index (χ0v) is 22.2. The molecule has 1 aliphatic carbocycles. The lowest BCUT2D eigenvalue weighted by atomic mass is 10.0. The maximum atomic E-state index is 13.4. The standard InChI is InChI=1S/C32H34N6O/c39-30-22-25(13-14-26-10-6-7-18-33-26)29-23-35-32(36-31(29)38(30)28-11-4-5-12-28)37-20-16-27(17-21-37)34-19-15-24-8-2-1-3-9-24/h1-3,6-10,18,22-23,27-28,34H,4-5,11-12,15-17,19-21H2. The molecular weight excluding hydrogens is 484 g/mol. The van der Waals surface area contributed by atoms with Crippen LogP contribution in [0.2, 0.25) is 0 Å². The average Bonchev–Trinajstić information content (AvgIpc) is 3.51. The van der Waals surface area contributed by atoms with Crippen LogP contribution in [0.3, 0.4) is 0 Å². The summed E-state index contributed by atoms with van der Waals surface area (Å²) >= 11 is 0. The van der Waals surface area contributed by atoms with Gasteiger partial charge < -0.3 is 10.2 Å². The van der Waals surface area contributed by atoms with Crippen LogP contribution in [-0.2, 0) is 6.42 Å². The van der Waals surface area contributed by atoms with Crippen molar-refractivity contribution in [1.82, 2.24) is 24.8 Å². The second-order valence-electron chi connectivity index (χ2n) is 10.5. The van der Waals surface area contributed by atoms with Crippen molar-refractivity contribution in [2.75, 3.05) is 24.5 Å². The van der Waals surface area contributed by atoms with Gasteiger partial charge in [0.1, 0.15) is 11.3 Å². The smallest absolute Gasteiger partial charge is 0.253 e. The lowest BCUT2D eigenvalue weighted by Gasteiger charge is -2.32. The molecule has 39 heavy (non-hydrogen) atoms. The molecule has 0 radical (unpaired) electrons. The minimum atomic E-state index is -0.0364. The maximum Gasteiger partial charge on any atom is 0.253 e. The van der Waals surface area contributed by atoms with E-state index in [0.717, 1.165) is 70.0 Å². The van der Waals surface area contributed by atoms with Crippen molar-refractivity contribution in [3.63, 3.8) is 0 Å². The molecule has 1 saturated carbocycles. The molecule has 0 unspecified atom stereocenters. The van der Waals surface area contributed by atoms with Crippen LogP contribution < -0.4 is 15.8 Å². The molecule has 7 heteroatoms. The first-order valence-corrected chi connectivity index (χ1v) is 14.1. The van der Waals surface area contributed by atoms with E-state index in [1.165, 1.54) is 5.56 Å². The summed E-state index contributed by atoms with van der Waals surface area (Å²) in [5.41, 5.74) is 3.36. The Hall–Kier alpha value is -4.02. The molecule has 0 bridgehead atoms. The molecule has 3 aromatic heterocycles. The number of piperidine rings is 1. The lowest BCUT2D eigenvalue weighted by Crippen LogP contribution is -2.43. The average molecular weight is 519 g/mol. The first kappa shape index (κ1) is 25.3. The van der Waals surface area contributed by atoms with Crippen molar-refractivity contribution in [2.45, 2.75) is 57.0 Å². The van der Waals surface area contributed by atoms with Gasteiger partial charge in [-0.2, -0.15) is 4.98 Å². The number of rotatable bonds is 6. The minimum Gasteiger partial charge on any atom is -0.341 e. The van der Waals surface area contributed by atoms with Crippen LogP contribution in [0.15, 0.2) is 71.8 Å². The van der Waals surface area contributed by atoms with E-state index in [4.69, 9.17) is 9.97 Å². The van der Waals surface area contributed by atoms with E-state index in [0.29, 0.717) is 28.9 Å². The largest absolute Gasteiger partial charge is 0.341 e. The molecule has 0 spiro atoms. The highest BCUT2D eigenvalue weighted by molar-refractivity contribution is 5.82. The highest BCUT2D eigenvalue weighted by Crippen LogP contribution is 2.31. The number of benzene rings is 1. The summed E-state index contributed by atoms with van der Waals surface area (Å²) in [4.78, 5) is 29.7. The zero-order valence-electron chi connectivity index (χ0n) is 22.2. The molecule has 198 valence electrons. The normalized spacial score (nSPS) is 16.4. The van der Waals surface area contributed by atoms with Gasteiger partial charge in [0.25, 0.3) is 5.56 Å². The molecule has 2 aliphatic rings. The number of anilines is 1. The van der Waals surface area contributed by atoms with Gasteiger partial charge >= 0.3 is 0 Å². The van der Waals surface area contributed by atoms with E-state index in [1.54, 1.807) is 12.3 Å². The molecule has 6 rings (SSSR count). The Morgan fingerprint density at radius 2 is 1.72 bits per heavy atom. The first-order chi connectivity index (χ1) is 19.2. The SMILES string of the molecule is O=c1cc(C#Cc2ccccn2)c2cnc(N3CCC(NCCc4ccccc4)CC3)nc2n1C1CCCC1. The third-order valence-corrected chi connectivity index (χ3v) is 7.93. The third-order valence-electron chi connectivity index (χ3n) is 7.93. The van der Waals surface area contributed by atoms with E-state index in [1.807, 2.05) is 29.0 Å². The number of hydrogen-bond acceptors (Lipinski definition) is 6. The Balaban J connectivity index is 1.22. The summed E-state index contributed by atoms with van der Waals surface area (Å²) in [5, 5.41) is 4.55. The van der Waals surface area contributed by atoms with E-state index in [-0.39, 0.29) is 11.6 Å². The number of nitrogens with one attached hydrogen (secondary N) is 1. The summed E-state index contributed by atoms with van der Waals surface area (Å²) in [7, 11) is 0. The van der Waals surface area contributed by atoms with Crippen molar-refractivity contribution in [1.29, 1.82) is 0 Å². The summed E-state index contributed by atoms with van der Waals surface area (Å²) < 4.78 is 1.90. The van der Waals surface area contributed by atoms with E-state index in [2.05, 4.69) is 57.4 Å². The molecule has 1 aliphatic heterocycles. The second-order valence-corrected chi connectivity index (χ2v) is 10.5. The van der Waals surface area contributed by atoms with Crippen molar-refractivity contribution >= 4 is 17.0 Å². The predicted octanol–water partition coefficient (Wildman–Crippen LogP) is 4.50. The molecule has 7 nitrogen and oxygen atoms in total. The van der Waals surface area contributed by atoms with E-state index < -0.39 is 0 Å². The lowest BCUT2D eigenvalue weighted by molar-refractivity contribution is 0.415. The van der Waals surface area contributed by atoms with Gasteiger partial charge in [-0.25, -0.2) is 9.97 Å². The zero-order chi connectivity index (χ0) is 26.4. The van der Waals surface area contributed by atoms with Crippen molar-refractivity contribution in [3.8, 4) is 11.8 Å². The molecule has 2 fully saturated rings. The first-order valence-electron chi connectivity index (χ1n) is 14.1. The second kappa shape index (κ2) is 11.8. The van der Waals surface area contributed by atoms with Crippen LogP contribution in [0.25, 0.3) is 11.0 Å².